The fourth-order valence-electron chi connectivity index (χ4n) is 1.66. The van der Waals surface area contributed by atoms with E-state index >= 15 is 0 Å². The molecule has 4 nitrogen and oxygen atoms in total. The van der Waals surface area contributed by atoms with Crippen molar-refractivity contribution in [2.45, 2.75) is 30.2 Å². The molecule has 0 saturated carbocycles. The lowest BCUT2D eigenvalue weighted by atomic mass is 10.1. The van der Waals surface area contributed by atoms with E-state index in [1.54, 1.807) is 18.2 Å². The Balaban J connectivity index is 2.73. The molecule has 1 rings (SSSR count). The van der Waals surface area contributed by atoms with Crippen molar-refractivity contribution in [1.82, 2.24) is 10.6 Å². The molecule has 3 N–H and O–H groups in total. The molecule has 1 aromatic carbocycles. The highest BCUT2D eigenvalue weighted by Gasteiger charge is 2.34. The summed E-state index contributed by atoms with van der Waals surface area (Å²) in [6.07, 6.45) is -0.706. The van der Waals surface area contributed by atoms with Crippen LogP contribution in [-0.2, 0) is 4.79 Å². The van der Waals surface area contributed by atoms with Gasteiger partial charge in [0, 0.05) is 12.1 Å². The van der Waals surface area contributed by atoms with E-state index in [9.17, 15) is 4.79 Å². The van der Waals surface area contributed by atoms with Crippen LogP contribution in [-0.4, -0.2) is 21.0 Å². The number of anilines is 1. The normalized spacial score (nSPS) is 12.7. The van der Waals surface area contributed by atoms with Crippen molar-refractivity contribution in [3.8, 4) is 0 Å². The average Bonchev–Trinajstić information content (AvgIpc) is 2.40. The smallest absolute Gasteiger partial charge is 0.228 e. The Morgan fingerprint density at radius 3 is 2.29 bits per heavy atom. The average molecular weight is 452 g/mol. The number of carbonyl (C=O) groups is 1. The highest BCUT2D eigenvalue weighted by atomic mass is 35.6. The van der Waals surface area contributed by atoms with E-state index in [4.69, 9.17) is 70.2 Å². The SMILES string of the molecule is CC(C)CC(=O)NC(NC(=S)Nc1ccc(Cl)c(Cl)c1)C(Cl)(Cl)Cl. The lowest BCUT2D eigenvalue weighted by Gasteiger charge is -2.28. The van der Waals surface area contributed by atoms with Gasteiger partial charge in [0.2, 0.25) is 9.70 Å². The van der Waals surface area contributed by atoms with Gasteiger partial charge in [-0.05, 0) is 36.3 Å². The van der Waals surface area contributed by atoms with Crippen LogP contribution in [0.2, 0.25) is 10.0 Å². The van der Waals surface area contributed by atoms with E-state index in [2.05, 4.69) is 16.0 Å². The molecule has 0 aliphatic carbocycles. The number of carbonyl (C=O) groups excluding carboxylic acids is 1. The van der Waals surface area contributed by atoms with E-state index in [0.29, 0.717) is 22.2 Å². The van der Waals surface area contributed by atoms with Gasteiger partial charge >= 0.3 is 0 Å². The minimum Gasteiger partial charge on any atom is -0.339 e. The van der Waals surface area contributed by atoms with Gasteiger partial charge in [0.25, 0.3) is 0 Å². The third-order valence-electron chi connectivity index (χ3n) is 2.68. The molecule has 1 atom stereocenters. The molecule has 0 aliphatic rings. The van der Waals surface area contributed by atoms with Crippen molar-refractivity contribution in [3.63, 3.8) is 0 Å². The third kappa shape index (κ3) is 7.81. The largest absolute Gasteiger partial charge is 0.339 e. The minimum atomic E-state index is -1.80. The van der Waals surface area contributed by atoms with Crippen molar-refractivity contribution in [1.29, 1.82) is 0 Å². The first-order valence-corrected chi connectivity index (χ1v) is 9.17. The topological polar surface area (TPSA) is 53.2 Å². The second-order valence-corrected chi connectivity index (χ2v) is 8.96. The molecule has 134 valence electrons. The van der Waals surface area contributed by atoms with Crippen molar-refractivity contribution in [2.24, 2.45) is 5.92 Å². The Kier molecular flexibility index (Phi) is 8.66. The zero-order valence-electron chi connectivity index (χ0n) is 12.8. The van der Waals surface area contributed by atoms with E-state index < -0.39 is 9.96 Å². The van der Waals surface area contributed by atoms with Crippen LogP contribution in [0, 0.1) is 5.92 Å². The van der Waals surface area contributed by atoms with Crippen LogP contribution in [0.3, 0.4) is 0 Å². The Labute approximate surface area is 171 Å². The molecule has 10 heteroatoms. The highest BCUT2D eigenvalue weighted by Crippen LogP contribution is 2.29. The van der Waals surface area contributed by atoms with Crippen LogP contribution >= 0.6 is 70.2 Å². The molecule has 1 aromatic rings. The van der Waals surface area contributed by atoms with Crippen molar-refractivity contribution in [2.75, 3.05) is 5.32 Å². The summed E-state index contributed by atoms with van der Waals surface area (Å²) in [5.41, 5.74) is 0.596. The predicted octanol–water partition coefficient (Wildman–Crippen LogP) is 5.14. The zero-order chi connectivity index (χ0) is 18.5. The molecule has 0 aromatic heterocycles. The second kappa shape index (κ2) is 9.51. The van der Waals surface area contributed by atoms with Gasteiger partial charge in [-0.1, -0.05) is 71.9 Å². The lowest BCUT2D eigenvalue weighted by Crippen LogP contribution is -2.56. The van der Waals surface area contributed by atoms with E-state index in [1.165, 1.54) is 0 Å². The maximum absolute atomic E-state index is 11.9. The summed E-state index contributed by atoms with van der Waals surface area (Å²) in [4.78, 5) is 11.9. The highest BCUT2D eigenvalue weighted by molar-refractivity contribution is 7.80. The zero-order valence-corrected chi connectivity index (χ0v) is 17.4. The summed E-state index contributed by atoms with van der Waals surface area (Å²) >= 11 is 34.7. The number of rotatable bonds is 5. The number of hydrogen-bond donors (Lipinski definition) is 3. The second-order valence-electron chi connectivity index (χ2n) is 5.37. The van der Waals surface area contributed by atoms with Crippen LogP contribution in [0.15, 0.2) is 18.2 Å². The maximum Gasteiger partial charge on any atom is 0.228 e. The van der Waals surface area contributed by atoms with E-state index in [1.807, 2.05) is 13.8 Å². The monoisotopic (exact) mass is 449 g/mol. The molecule has 0 fully saturated rings. The van der Waals surface area contributed by atoms with Gasteiger partial charge in [-0.25, -0.2) is 0 Å². The summed E-state index contributed by atoms with van der Waals surface area (Å²) in [7, 11) is 0. The van der Waals surface area contributed by atoms with Gasteiger partial charge in [-0.2, -0.15) is 0 Å². The lowest BCUT2D eigenvalue weighted by molar-refractivity contribution is -0.122. The molecule has 0 saturated heterocycles. The minimum absolute atomic E-state index is 0.148. The molecular formula is C14H16Cl5N3OS. The third-order valence-corrected chi connectivity index (χ3v) is 4.29. The fraction of sp³-hybridized carbons (Fsp3) is 0.429. The Bertz CT molecular complexity index is 607. The molecule has 0 aliphatic heterocycles. The molecule has 1 unspecified atom stereocenters. The predicted molar refractivity (Wildman–Crippen MR) is 107 cm³/mol. The van der Waals surface area contributed by atoms with Crippen molar-refractivity contribution < 1.29 is 4.79 Å². The van der Waals surface area contributed by atoms with Crippen LogP contribution in [0.1, 0.15) is 20.3 Å². The Morgan fingerprint density at radius 2 is 1.79 bits per heavy atom. The Morgan fingerprint density at radius 1 is 1.17 bits per heavy atom. The number of amides is 1. The molecule has 0 radical (unpaired) electrons. The summed E-state index contributed by atoms with van der Waals surface area (Å²) in [5, 5.41) is 9.18. The molecule has 0 spiro atoms. The fourth-order valence-corrected chi connectivity index (χ4v) is 2.52. The summed E-state index contributed by atoms with van der Waals surface area (Å²) in [6.45, 7) is 3.82. The van der Waals surface area contributed by atoms with Crippen LogP contribution in [0.5, 0.6) is 0 Å². The number of nitrogens with one attached hydrogen (secondary N) is 3. The van der Waals surface area contributed by atoms with Gasteiger partial charge in [-0.3, -0.25) is 4.79 Å². The maximum atomic E-state index is 11.9. The van der Waals surface area contributed by atoms with Crippen molar-refractivity contribution >= 4 is 86.9 Å². The van der Waals surface area contributed by atoms with Gasteiger partial charge < -0.3 is 16.0 Å². The first-order chi connectivity index (χ1) is 11.0. The van der Waals surface area contributed by atoms with E-state index in [-0.39, 0.29) is 16.9 Å². The first kappa shape index (κ1) is 21.9. The van der Waals surface area contributed by atoms with Crippen LogP contribution < -0.4 is 16.0 Å². The molecule has 0 heterocycles. The molecular weight excluding hydrogens is 436 g/mol. The molecule has 1 amide bonds. The van der Waals surface area contributed by atoms with Crippen LogP contribution in [0.4, 0.5) is 5.69 Å². The van der Waals surface area contributed by atoms with Crippen LogP contribution in [0.25, 0.3) is 0 Å². The standard InChI is InChI=1S/C14H16Cl5N3OS/c1-7(2)5-11(23)21-12(14(17,18)19)22-13(24)20-8-3-4-9(15)10(16)6-8/h3-4,6-7,12H,5H2,1-2H3,(H,21,23)(H2,20,22,24). The number of alkyl halides is 3. The summed E-state index contributed by atoms with van der Waals surface area (Å²) in [5.74, 6) is -0.0894. The van der Waals surface area contributed by atoms with Gasteiger partial charge in [0.05, 0.1) is 10.0 Å². The summed E-state index contributed by atoms with van der Waals surface area (Å²) in [6, 6.07) is 4.90. The molecule has 0 bridgehead atoms. The van der Waals surface area contributed by atoms with E-state index in [0.717, 1.165) is 0 Å². The quantitative estimate of drug-likeness (QED) is 0.330. The van der Waals surface area contributed by atoms with Crippen molar-refractivity contribution in [3.05, 3.63) is 28.2 Å². The number of hydrogen-bond acceptors (Lipinski definition) is 2. The van der Waals surface area contributed by atoms with Gasteiger partial charge in [0.1, 0.15) is 6.17 Å². The Hall–Kier alpha value is -0.170. The number of benzene rings is 1. The van der Waals surface area contributed by atoms with Gasteiger partial charge in [-0.15, -0.1) is 0 Å². The number of thiocarbonyl (C=S) groups is 1. The van der Waals surface area contributed by atoms with Gasteiger partial charge in [0.15, 0.2) is 5.11 Å². The first-order valence-electron chi connectivity index (χ1n) is 6.87. The molecule has 24 heavy (non-hydrogen) atoms. The number of halogens is 5. The summed E-state index contributed by atoms with van der Waals surface area (Å²) < 4.78 is -1.80.